The van der Waals surface area contributed by atoms with Gasteiger partial charge in [-0.15, -0.1) is 0 Å². The molecular weight excluding hydrogens is 388 g/mol. The van der Waals surface area contributed by atoms with Crippen molar-refractivity contribution in [3.05, 3.63) is 59.2 Å². The Bertz CT molecular complexity index is 835. The van der Waals surface area contributed by atoms with Gasteiger partial charge in [-0.2, -0.15) is 0 Å². The lowest BCUT2D eigenvalue weighted by atomic mass is 9.85. The van der Waals surface area contributed by atoms with Crippen molar-refractivity contribution >= 4 is 24.7 Å². The molecule has 1 aliphatic heterocycles. The van der Waals surface area contributed by atoms with Gasteiger partial charge in [0.25, 0.3) is 0 Å². The van der Waals surface area contributed by atoms with Crippen molar-refractivity contribution in [1.29, 1.82) is 0 Å². The van der Waals surface area contributed by atoms with Crippen LogP contribution in [0.2, 0.25) is 0 Å². The molecule has 1 saturated heterocycles. The zero-order chi connectivity index (χ0) is 19.5. The molecule has 0 N–H and O–H groups in total. The van der Waals surface area contributed by atoms with Crippen LogP contribution in [-0.4, -0.2) is 23.8 Å². The Balaban J connectivity index is 1.34. The maximum absolute atomic E-state index is 12.9. The molecule has 1 aliphatic carbocycles. The molecule has 4 nitrogen and oxygen atoms in total. The number of benzene rings is 2. The number of nitrogens with zero attached hydrogens (tertiary/aromatic N) is 1. The van der Waals surface area contributed by atoms with E-state index < -0.39 is 0 Å². The van der Waals surface area contributed by atoms with Gasteiger partial charge in [-0.25, -0.2) is 0 Å². The minimum absolute atomic E-state index is 0.0952. The first kappa shape index (κ1) is 19.8. The molecule has 28 heavy (non-hydrogen) atoms. The summed E-state index contributed by atoms with van der Waals surface area (Å²) < 4.78 is 10.6. The third-order valence-corrected chi connectivity index (χ3v) is 6.61. The summed E-state index contributed by atoms with van der Waals surface area (Å²) in [4.78, 5) is 15.5. The van der Waals surface area contributed by atoms with Crippen molar-refractivity contribution in [2.24, 2.45) is 11.8 Å². The highest BCUT2D eigenvalue weighted by Gasteiger charge is 2.34. The van der Waals surface area contributed by atoms with Gasteiger partial charge >= 0.3 is 0 Å². The molecule has 2 aromatic rings. The van der Waals surface area contributed by atoms with Crippen molar-refractivity contribution in [3.63, 3.8) is 0 Å². The van der Waals surface area contributed by atoms with E-state index in [4.69, 9.17) is 9.05 Å². The summed E-state index contributed by atoms with van der Waals surface area (Å²) in [5.74, 6) is 2.23. The van der Waals surface area contributed by atoms with Crippen LogP contribution in [0.25, 0.3) is 0 Å². The first-order chi connectivity index (χ1) is 13.7. The second kappa shape index (κ2) is 8.91. The highest BCUT2D eigenvalue weighted by atomic mass is 31.0. The van der Waals surface area contributed by atoms with Gasteiger partial charge in [0.05, 0.1) is 18.9 Å². The Morgan fingerprint density at radius 1 is 1.00 bits per heavy atom. The Hall–Kier alpha value is -1.47. The van der Waals surface area contributed by atoms with E-state index in [1.165, 1.54) is 18.4 Å². The molecule has 148 valence electrons. The Morgan fingerprint density at radius 2 is 1.68 bits per heavy atom. The van der Waals surface area contributed by atoms with E-state index in [0.717, 1.165) is 43.6 Å². The maximum atomic E-state index is 12.9. The molecule has 3 atom stereocenters. The number of rotatable bonds is 6. The minimum Gasteiger partial charge on any atom is -0.476 e. The van der Waals surface area contributed by atoms with E-state index in [-0.39, 0.29) is 11.7 Å². The average Bonchev–Trinajstić information content (AvgIpc) is 3.03. The fraction of sp³-hybridized carbons (Fsp3) is 0.409. The molecular formula is C22H27NO3P2. The Kier molecular flexibility index (Phi) is 6.31. The Labute approximate surface area is 171 Å². The van der Waals surface area contributed by atoms with E-state index in [0.29, 0.717) is 17.4 Å². The lowest BCUT2D eigenvalue weighted by Crippen LogP contribution is -2.34. The molecule has 2 aromatic carbocycles. The minimum atomic E-state index is 0.0952. The van der Waals surface area contributed by atoms with Crippen LogP contribution in [0.1, 0.15) is 40.7 Å². The highest BCUT2D eigenvalue weighted by Crippen LogP contribution is 2.40. The fourth-order valence-electron chi connectivity index (χ4n) is 4.58. The third-order valence-electron chi connectivity index (χ3n) is 6.10. The van der Waals surface area contributed by atoms with Crippen LogP contribution in [0.15, 0.2) is 42.5 Å². The molecule has 2 aliphatic rings. The molecule has 0 bridgehead atoms. The topological polar surface area (TPSA) is 38.8 Å². The number of carbonyl (C=O) groups is 1. The molecule has 1 fully saturated rings. The van der Waals surface area contributed by atoms with Crippen molar-refractivity contribution in [2.75, 3.05) is 13.1 Å². The summed E-state index contributed by atoms with van der Waals surface area (Å²) in [5, 5.41) is 0. The zero-order valence-corrected chi connectivity index (χ0v) is 18.3. The van der Waals surface area contributed by atoms with E-state index in [1.807, 2.05) is 12.1 Å². The molecule has 0 radical (unpaired) electrons. The quantitative estimate of drug-likeness (QED) is 0.642. The summed E-state index contributed by atoms with van der Waals surface area (Å²) in [7, 11) is 4.47. The predicted molar refractivity (Wildman–Crippen MR) is 118 cm³/mol. The van der Waals surface area contributed by atoms with Gasteiger partial charge in [0.15, 0.2) is 17.3 Å². The number of fused-ring (bicyclic) bond motifs is 1. The zero-order valence-electron chi connectivity index (χ0n) is 16.0. The SMILES string of the molecule is O=C1c2cc(OP)c(OP)cc2CC1CC1CCN(Cc2ccccc2)CC1. The van der Waals surface area contributed by atoms with Crippen LogP contribution in [0, 0.1) is 11.8 Å². The first-order valence-electron chi connectivity index (χ1n) is 9.88. The van der Waals surface area contributed by atoms with Crippen LogP contribution in [0.4, 0.5) is 0 Å². The smallest absolute Gasteiger partial charge is 0.166 e. The molecule has 0 spiro atoms. The van der Waals surface area contributed by atoms with Crippen LogP contribution < -0.4 is 9.05 Å². The standard InChI is InChI=1S/C22H27NO3P2/c24-22-18(11-17-12-20(25-27)21(26-28)13-19(17)22)10-15-6-8-23(9-7-15)14-16-4-2-1-3-5-16/h1-5,12-13,15,18H,6-11,14,27-28H2. The van der Waals surface area contributed by atoms with Crippen LogP contribution in [0.3, 0.4) is 0 Å². The predicted octanol–water partition coefficient (Wildman–Crippen LogP) is 4.68. The van der Waals surface area contributed by atoms with Gasteiger partial charge in [-0.3, -0.25) is 9.69 Å². The van der Waals surface area contributed by atoms with Crippen LogP contribution in [-0.2, 0) is 13.0 Å². The van der Waals surface area contributed by atoms with Gasteiger partial charge < -0.3 is 9.05 Å². The van der Waals surface area contributed by atoms with E-state index >= 15 is 0 Å². The summed E-state index contributed by atoms with van der Waals surface area (Å²) in [6.07, 6.45) is 4.15. The van der Waals surface area contributed by atoms with Crippen molar-refractivity contribution in [3.8, 4) is 11.5 Å². The number of hydrogen-bond acceptors (Lipinski definition) is 4. The van der Waals surface area contributed by atoms with E-state index in [1.54, 1.807) is 0 Å². The second-order valence-electron chi connectivity index (χ2n) is 7.90. The number of hydrogen-bond donors (Lipinski definition) is 0. The maximum Gasteiger partial charge on any atom is 0.166 e. The molecule has 0 amide bonds. The number of likely N-dealkylation sites (tertiary alicyclic amines) is 1. The first-order valence-corrected chi connectivity index (χ1v) is 10.8. The average molecular weight is 415 g/mol. The number of carbonyl (C=O) groups excluding carboxylic acids is 1. The monoisotopic (exact) mass is 415 g/mol. The van der Waals surface area contributed by atoms with Gasteiger partial charge in [-0.1, -0.05) is 30.3 Å². The molecule has 0 aromatic heterocycles. The highest BCUT2D eigenvalue weighted by molar-refractivity contribution is 7.10. The van der Waals surface area contributed by atoms with E-state index in [9.17, 15) is 4.79 Å². The summed E-state index contributed by atoms with van der Waals surface area (Å²) >= 11 is 0. The number of Topliss-reactive ketones (excluding diaryl/α,β-unsaturated/α-hetero) is 1. The Morgan fingerprint density at radius 3 is 2.36 bits per heavy atom. The van der Waals surface area contributed by atoms with Crippen LogP contribution >= 0.6 is 18.9 Å². The van der Waals surface area contributed by atoms with Crippen molar-refractivity contribution in [2.45, 2.75) is 32.2 Å². The fourth-order valence-corrected chi connectivity index (χ4v) is 4.95. The normalized spacial score (nSPS) is 20.2. The largest absolute Gasteiger partial charge is 0.476 e. The van der Waals surface area contributed by atoms with Gasteiger partial charge in [0, 0.05) is 18.0 Å². The van der Waals surface area contributed by atoms with Gasteiger partial charge in [0.2, 0.25) is 0 Å². The molecule has 4 rings (SSSR count). The number of ketones is 1. The third kappa shape index (κ3) is 4.25. The van der Waals surface area contributed by atoms with Crippen molar-refractivity contribution in [1.82, 2.24) is 4.90 Å². The van der Waals surface area contributed by atoms with Gasteiger partial charge in [0.1, 0.15) is 0 Å². The molecule has 1 heterocycles. The van der Waals surface area contributed by atoms with E-state index in [2.05, 4.69) is 54.2 Å². The van der Waals surface area contributed by atoms with Gasteiger partial charge in [-0.05, 0) is 68.0 Å². The summed E-state index contributed by atoms with van der Waals surface area (Å²) in [6.45, 7) is 3.25. The summed E-state index contributed by atoms with van der Waals surface area (Å²) in [5.41, 5.74) is 3.26. The number of piperidine rings is 1. The summed E-state index contributed by atoms with van der Waals surface area (Å²) in [6, 6.07) is 14.4. The molecule has 0 saturated carbocycles. The second-order valence-corrected chi connectivity index (χ2v) is 8.37. The molecule has 6 heteroatoms. The van der Waals surface area contributed by atoms with Crippen molar-refractivity contribution < 1.29 is 13.8 Å². The van der Waals surface area contributed by atoms with Crippen LogP contribution in [0.5, 0.6) is 11.5 Å². The lowest BCUT2D eigenvalue weighted by Gasteiger charge is -2.32. The lowest BCUT2D eigenvalue weighted by molar-refractivity contribution is 0.0895. The molecule has 3 unspecified atom stereocenters.